The van der Waals surface area contributed by atoms with E-state index in [-0.39, 0.29) is 0 Å². The maximum Gasteiger partial charge on any atom is 0.0480 e. The second-order valence-corrected chi connectivity index (χ2v) is 3.73. The third-order valence-corrected chi connectivity index (χ3v) is 2.94. The highest BCUT2D eigenvalue weighted by Crippen LogP contribution is 2.23. The summed E-state index contributed by atoms with van der Waals surface area (Å²) in [6, 6.07) is 3.99. The van der Waals surface area contributed by atoms with Gasteiger partial charge in [-0.3, -0.25) is 0 Å². The Labute approximate surface area is 99.5 Å². The van der Waals surface area contributed by atoms with Gasteiger partial charge in [0, 0.05) is 17.6 Å². The zero-order valence-corrected chi connectivity index (χ0v) is 9.96. The molecule has 0 aliphatic heterocycles. The molecule has 0 spiro atoms. The molecular formula is C11H11Cl3. The number of hydrogen-bond donors (Lipinski definition) is 0. The summed E-state index contributed by atoms with van der Waals surface area (Å²) in [6.45, 7) is 3.75. The standard InChI is InChI=1S/C11H11Cl3/c1-2-11-9(6-13)3-8(5-12)4-10(11)7-14/h2-4H,1,5-7H2. The first-order valence-electron chi connectivity index (χ1n) is 4.21. The third kappa shape index (κ3) is 2.44. The lowest BCUT2D eigenvalue weighted by molar-refractivity contribution is 1.24. The predicted molar refractivity (Wildman–Crippen MR) is 65.2 cm³/mol. The van der Waals surface area contributed by atoms with E-state index in [1.165, 1.54) is 0 Å². The van der Waals surface area contributed by atoms with Crippen LogP contribution in [0.2, 0.25) is 0 Å². The second kappa shape index (κ2) is 5.65. The lowest BCUT2D eigenvalue weighted by atomic mass is 10.00. The Morgan fingerprint density at radius 3 is 1.79 bits per heavy atom. The van der Waals surface area contributed by atoms with Gasteiger partial charge in [-0.1, -0.05) is 24.8 Å². The van der Waals surface area contributed by atoms with Gasteiger partial charge in [0.25, 0.3) is 0 Å². The summed E-state index contributed by atoms with van der Waals surface area (Å²) in [5, 5.41) is 0. The van der Waals surface area contributed by atoms with Gasteiger partial charge in [-0.25, -0.2) is 0 Å². The molecule has 1 aromatic carbocycles. The minimum atomic E-state index is 0.454. The molecule has 0 unspecified atom stereocenters. The average Bonchev–Trinajstić information content (AvgIpc) is 2.26. The van der Waals surface area contributed by atoms with Crippen molar-refractivity contribution in [3.63, 3.8) is 0 Å². The highest BCUT2D eigenvalue weighted by Gasteiger charge is 2.06. The lowest BCUT2D eigenvalue weighted by Gasteiger charge is -2.10. The van der Waals surface area contributed by atoms with Crippen molar-refractivity contribution in [2.75, 3.05) is 0 Å². The Hall–Kier alpha value is -0.170. The van der Waals surface area contributed by atoms with Crippen LogP contribution >= 0.6 is 34.8 Å². The van der Waals surface area contributed by atoms with Crippen LogP contribution in [0.1, 0.15) is 22.3 Å². The second-order valence-electron chi connectivity index (χ2n) is 2.93. The number of rotatable bonds is 4. The summed E-state index contributed by atoms with van der Waals surface area (Å²) < 4.78 is 0. The van der Waals surface area contributed by atoms with Crippen molar-refractivity contribution in [2.45, 2.75) is 17.6 Å². The highest BCUT2D eigenvalue weighted by molar-refractivity contribution is 6.18. The van der Waals surface area contributed by atoms with Crippen molar-refractivity contribution in [1.82, 2.24) is 0 Å². The molecule has 0 saturated heterocycles. The van der Waals surface area contributed by atoms with E-state index in [0.717, 1.165) is 22.3 Å². The van der Waals surface area contributed by atoms with Crippen molar-refractivity contribution in [2.24, 2.45) is 0 Å². The highest BCUT2D eigenvalue weighted by atomic mass is 35.5. The molecule has 1 aromatic rings. The molecule has 3 heteroatoms. The number of benzene rings is 1. The van der Waals surface area contributed by atoms with Crippen molar-refractivity contribution in [3.05, 3.63) is 41.0 Å². The van der Waals surface area contributed by atoms with Gasteiger partial charge in [-0.2, -0.15) is 0 Å². The summed E-state index contributed by atoms with van der Waals surface area (Å²) in [7, 11) is 0. The molecule has 0 nitrogen and oxygen atoms in total. The molecule has 0 N–H and O–H groups in total. The summed E-state index contributed by atoms with van der Waals surface area (Å²) in [5.74, 6) is 1.39. The van der Waals surface area contributed by atoms with Gasteiger partial charge >= 0.3 is 0 Å². The average molecular weight is 250 g/mol. The minimum absolute atomic E-state index is 0.454. The van der Waals surface area contributed by atoms with Gasteiger partial charge in [0.15, 0.2) is 0 Å². The van der Waals surface area contributed by atoms with Gasteiger partial charge in [0.1, 0.15) is 0 Å². The molecule has 0 radical (unpaired) electrons. The Kier molecular flexibility index (Phi) is 4.80. The first-order chi connectivity index (χ1) is 6.76. The number of alkyl halides is 3. The van der Waals surface area contributed by atoms with Crippen molar-refractivity contribution >= 4 is 40.9 Å². The van der Waals surface area contributed by atoms with E-state index < -0.39 is 0 Å². The number of halogens is 3. The molecule has 14 heavy (non-hydrogen) atoms. The largest absolute Gasteiger partial charge is 0.122 e. The molecule has 1 rings (SSSR count). The molecule has 0 atom stereocenters. The van der Waals surface area contributed by atoms with Crippen LogP contribution in [0.5, 0.6) is 0 Å². The summed E-state index contributed by atoms with van der Waals surface area (Å²) in [5.41, 5.74) is 4.15. The molecule has 0 heterocycles. The van der Waals surface area contributed by atoms with Crippen LogP contribution in [0.25, 0.3) is 6.08 Å². The van der Waals surface area contributed by atoms with Crippen molar-refractivity contribution < 1.29 is 0 Å². The van der Waals surface area contributed by atoms with Gasteiger partial charge in [0.05, 0.1) is 0 Å². The molecular weight excluding hydrogens is 238 g/mol. The van der Waals surface area contributed by atoms with E-state index in [1.54, 1.807) is 6.08 Å². The smallest absolute Gasteiger partial charge is 0.0480 e. The molecule has 0 amide bonds. The van der Waals surface area contributed by atoms with E-state index in [2.05, 4.69) is 6.58 Å². The van der Waals surface area contributed by atoms with Gasteiger partial charge in [-0.05, 0) is 22.3 Å². The zero-order valence-electron chi connectivity index (χ0n) is 7.69. The fraction of sp³-hybridized carbons (Fsp3) is 0.273. The van der Waals surface area contributed by atoms with Crippen LogP contribution in [-0.2, 0) is 17.6 Å². The molecule has 76 valence electrons. The summed E-state index contributed by atoms with van der Waals surface area (Å²) in [4.78, 5) is 0. The third-order valence-electron chi connectivity index (χ3n) is 2.06. The van der Waals surface area contributed by atoms with Crippen LogP contribution in [0, 0.1) is 0 Å². The summed E-state index contributed by atoms with van der Waals surface area (Å²) in [6.07, 6.45) is 1.79. The molecule has 0 saturated carbocycles. The molecule has 0 aliphatic carbocycles. The van der Waals surface area contributed by atoms with E-state index >= 15 is 0 Å². The lowest BCUT2D eigenvalue weighted by Crippen LogP contribution is -1.94. The van der Waals surface area contributed by atoms with Gasteiger partial charge < -0.3 is 0 Å². The van der Waals surface area contributed by atoms with Gasteiger partial charge in [0.2, 0.25) is 0 Å². The van der Waals surface area contributed by atoms with E-state index in [9.17, 15) is 0 Å². The first-order valence-corrected chi connectivity index (χ1v) is 5.82. The van der Waals surface area contributed by atoms with Gasteiger partial charge in [-0.15, -0.1) is 34.8 Å². The molecule has 0 fully saturated rings. The SMILES string of the molecule is C=Cc1c(CCl)cc(CCl)cc1CCl. The van der Waals surface area contributed by atoms with Crippen LogP contribution in [-0.4, -0.2) is 0 Å². The maximum atomic E-state index is 5.83. The van der Waals surface area contributed by atoms with Crippen LogP contribution in [0.3, 0.4) is 0 Å². The summed E-state index contributed by atoms with van der Waals surface area (Å²) >= 11 is 17.4. The fourth-order valence-corrected chi connectivity index (χ4v) is 2.01. The Balaban J connectivity index is 3.31. The maximum absolute atomic E-state index is 5.83. The Morgan fingerprint density at radius 2 is 1.50 bits per heavy atom. The molecule has 0 aliphatic rings. The van der Waals surface area contributed by atoms with Crippen molar-refractivity contribution in [3.8, 4) is 0 Å². The Morgan fingerprint density at radius 1 is 1.00 bits per heavy atom. The van der Waals surface area contributed by atoms with Crippen LogP contribution in [0.15, 0.2) is 18.7 Å². The van der Waals surface area contributed by atoms with Crippen molar-refractivity contribution in [1.29, 1.82) is 0 Å². The van der Waals surface area contributed by atoms with E-state index in [4.69, 9.17) is 34.8 Å². The quantitative estimate of drug-likeness (QED) is 0.687. The topological polar surface area (TPSA) is 0 Å². The molecule has 0 aromatic heterocycles. The van der Waals surface area contributed by atoms with Crippen LogP contribution < -0.4 is 0 Å². The van der Waals surface area contributed by atoms with E-state index in [1.807, 2.05) is 12.1 Å². The Bertz CT molecular complexity index is 306. The normalized spacial score (nSPS) is 10.2. The number of hydrogen-bond acceptors (Lipinski definition) is 0. The first kappa shape index (κ1) is 11.9. The van der Waals surface area contributed by atoms with Crippen LogP contribution in [0.4, 0.5) is 0 Å². The molecule has 0 bridgehead atoms. The fourth-order valence-electron chi connectivity index (χ4n) is 1.41. The monoisotopic (exact) mass is 248 g/mol. The zero-order chi connectivity index (χ0) is 10.6. The predicted octanol–water partition coefficient (Wildman–Crippen LogP) is 4.55. The minimum Gasteiger partial charge on any atom is -0.122 e. The van der Waals surface area contributed by atoms with E-state index in [0.29, 0.717) is 17.6 Å².